The van der Waals surface area contributed by atoms with Crippen molar-refractivity contribution >= 4 is 24.1 Å². The molecule has 1 aliphatic rings. The van der Waals surface area contributed by atoms with Crippen LogP contribution >= 0.6 is 0 Å². The van der Waals surface area contributed by atoms with Crippen molar-refractivity contribution in [3.8, 4) is 0 Å². The molecule has 1 N–H and O–H groups in total. The van der Waals surface area contributed by atoms with Crippen LogP contribution in [-0.2, 0) is 14.4 Å². The zero-order chi connectivity index (χ0) is 12.1. The molecule has 0 aromatic heterocycles. The third-order valence-corrected chi connectivity index (χ3v) is 2.54. The van der Waals surface area contributed by atoms with E-state index in [4.69, 9.17) is 4.84 Å². The second-order valence-electron chi connectivity index (χ2n) is 3.71. The topological polar surface area (TPSA) is 67.8 Å². The highest BCUT2D eigenvalue weighted by Gasteiger charge is 2.21. The zero-order valence-electron chi connectivity index (χ0n) is 9.13. The monoisotopic (exact) mass is 232 g/mol. The van der Waals surface area contributed by atoms with Crippen LogP contribution in [0, 0.1) is 0 Å². The first-order valence-corrected chi connectivity index (χ1v) is 5.30. The number of rotatable bonds is 5. The van der Waals surface area contributed by atoms with Crippen LogP contribution < -0.4 is 5.32 Å². The van der Waals surface area contributed by atoms with Crippen LogP contribution in [0.2, 0.25) is 0 Å². The Labute approximate surface area is 98.5 Å². The van der Waals surface area contributed by atoms with Crippen molar-refractivity contribution in [2.75, 3.05) is 5.32 Å². The van der Waals surface area contributed by atoms with Crippen molar-refractivity contribution in [3.63, 3.8) is 0 Å². The first-order chi connectivity index (χ1) is 8.33. The lowest BCUT2D eigenvalue weighted by molar-refractivity contribution is -0.110. The van der Waals surface area contributed by atoms with E-state index in [0.29, 0.717) is 19.3 Å². The number of benzene rings is 1. The zero-order valence-corrected chi connectivity index (χ0v) is 9.13. The van der Waals surface area contributed by atoms with Gasteiger partial charge >= 0.3 is 0 Å². The first-order valence-electron chi connectivity index (χ1n) is 5.30. The minimum atomic E-state index is -0.143. The molecule has 1 atom stereocenters. The van der Waals surface area contributed by atoms with Gasteiger partial charge in [0.2, 0.25) is 6.41 Å². The van der Waals surface area contributed by atoms with Gasteiger partial charge in [-0.3, -0.25) is 4.79 Å². The molecule has 1 aromatic rings. The molecule has 0 fully saturated rings. The average molecular weight is 232 g/mol. The Morgan fingerprint density at radius 1 is 1.35 bits per heavy atom. The Hall–Kier alpha value is -2.17. The number of carbonyl (C=O) groups is 2. The van der Waals surface area contributed by atoms with E-state index in [2.05, 4.69) is 10.5 Å². The molecule has 1 unspecified atom stereocenters. The molecule has 1 aromatic carbocycles. The maximum Gasteiger partial charge on any atom is 0.211 e. The van der Waals surface area contributed by atoms with Gasteiger partial charge in [-0.15, -0.1) is 0 Å². The fourth-order valence-electron chi connectivity index (χ4n) is 1.66. The SMILES string of the molecule is O=CCC1CC(c2ccc(NC=O)cc2)=NO1. The molecule has 17 heavy (non-hydrogen) atoms. The van der Waals surface area contributed by atoms with Crippen LogP contribution in [0.1, 0.15) is 18.4 Å². The Bertz CT molecular complexity index is 440. The number of hydrogen-bond donors (Lipinski definition) is 1. The molecule has 5 heteroatoms. The van der Waals surface area contributed by atoms with Crippen LogP contribution in [0.4, 0.5) is 5.69 Å². The van der Waals surface area contributed by atoms with Gasteiger partial charge in [0.05, 0.1) is 5.71 Å². The van der Waals surface area contributed by atoms with E-state index in [1.165, 1.54) is 0 Å². The molecule has 0 radical (unpaired) electrons. The Morgan fingerprint density at radius 3 is 2.76 bits per heavy atom. The van der Waals surface area contributed by atoms with E-state index in [9.17, 15) is 9.59 Å². The van der Waals surface area contributed by atoms with Crippen LogP contribution in [0.15, 0.2) is 29.4 Å². The van der Waals surface area contributed by atoms with Crippen molar-refractivity contribution in [3.05, 3.63) is 29.8 Å². The highest BCUT2D eigenvalue weighted by molar-refractivity contribution is 6.01. The summed E-state index contributed by atoms with van der Waals surface area (Å²) < 4.78 is 0. The molecular formula is C12H12N2O3. The van der Waals surface area contributed by atoms with Crippen molar-refractivity contribution < 1.29 is 14.4 Å². The summed E-state index contributed by atoms with van der Waals surface area (Å²) in [4.78, 5) is 25.7. The third kappa shape index (κ3) is 2.69. The summed E-state index contributed by atoms with van der Waals surface area (Å²) in [6.45, 7) is 0. The van der Waals surface area contributed by atoms with E-state index in [1.807, 2.05) is 12.1 Å². The van der Waals surface area contributed by atoms with Gasteiger partial charge in [0.15, 0.2) is 0 Å². The minimum absolute atomic E-state index is 0.143. The molecule has 2 rings (SSSR count). The molecule has 0 aliphatic carbocycles. The van der Waals surface area contributed by atoms with Gasteiger partial charge in [0.25, 0.3) is 0 Å². The summed E-state index contributed by atoms with van der Waals surface area (Å²) in [6, 6.07) is 7.30. The number of carbonyl (C=O) groups excluding carboxylic acids is 2. The summed E-state index contributed by atoms with van der Waals surface area (Å²) in [5.74, 6) is 0. The summed E-state index contributed by atoms with van der Waals surface area (Å²) in [5.41, 5.74) is 2.50. The summed E-state index contributed by atoms with van der Waals surface area (Å²) in [6.07, 6.45) is 2.32. The second-order valence-corrected chi connectivity index (χ2v) is 3.71. The Balaban J connectivity index is 2.03. The first kappa shape index (κ1) is 11.3. The van der Waals surface area contributed by atoms with Crippen molar-refractivity contribution in [1.82, 2.24) is 0 Å². The fraction of sp³-hybridized carbons (Fsp3) is 0.250. The maximum atomic E-state index is 10.3. The van der Waals surface area contributed by atoms with E-state index in [1.54, 1.807) is 12.1 Å². The number of oxime groups is 1. The minimum Gasteiger partial charge on any atom is -0.391 e. The van der Waals surface area contributed by atoms with Gasteiger partial charge in [-0.25, -0.2) is 0 Å². The molecular weight excluding hydrogens is 220 g/mol. The molecule has 0 saturated carbocycles. The van der Waals surface area contributed by atoms with Crippen molar-refractivity contribution in [2.45, 2.75) is 18.9 Å². The molecule has 0 bridgehead atoms. The Morgan fingerprint density at radius 2 is 2.12 bits per heavy atom. The van der Waals surface area contributed by atoms with Crippen molar-refractivity contribution in [2.24, 2.45) is 5.16 Å². The summed E-state index contributed by atoms with van der Waals surface area (Å²) >= 11 is 0. The lowest BCUT2D eigenvalue weighted by Crippen LogP contribution is -2.08. The smallest absolute Gasteiger partial charge is 0.211 e. The lowest BCUT2D eigenvalue weighted by atomic mass is 10.0. The highest BCUT2D eigenvalue weighted by atomic mass is 16.6. The summed E-state index contributed by atoms with van der Waals surface area (Å²) in [5, 5.41) is 6.51. The van der Waals surface area contributed by atoms with Gasteiger partial charge in [0, 0.05) is 18.5 Å². The lowest BCUT2D eigenvalue weighted by Gasteiger charge is -2.02. The van der Waals surface area contributed by atoms with E-state index < -0.39 is 0 Å². The molecule has 0 saturated heterocycles. The van der Waals surface area contributed by atoms with Crippen LogP contribution in [-0.4, -0.2) is 24.5 Å². The molecule has 1 amide bonds. The van der Waals surface area contributed by atoms with Gasteiger partial charge in [-0.05, 0) is 17.7 Å². The van der Waals surface area contributed by atoms with E-state index >= 15 is 0 Å². The molecule has 1 heterocycles. The van der Waals surface area contributed by atoms with E-state index in [-0.39, 0.29) is 6.10 Å². The number of aldehydes is 1. The highest BCUT2D eigenvalue weighted by Crippen LogP contribution is 2.19. The second kappa shape index (κ2) is 5.25. The summed E-state index contributed by atoms with van der Waals surface area (Å²) in [7, 11) is 0. The normalized spacial score (nSPS) is 18.1. The quantitative estimate of drug-likeness (QED) is 0.779. The molecule has 5 nitrogen and oxygen atoms in total. The van der Waals surface area contributed by atoms with Gasteiger partial charge in [0.1, 0.15) is 12.4 Å². The number of nitrogens with zero attached hydrogens (tertiary/aromatic N) is 1. The van der Waals surface area contributed by atoms with Gasteiger partial charge in [-0.1, -0.05) is 17.3 Å². The maximum absolute atomic E-state index is 10.3. The molecule has 1 aliphatic heterocycles. The van der Waals surface area contributed by atoms with Crippen LogP contribution in [0.5, 0.6) is 0 Å². The number of amides is 1. The Kier molecular flexibility index (Phi) is 3.49. The largest absolute Gasteiger partial charge is 0.391 e. The predicted octanol–water partition coefficient (Wildman–Crippen LogP) is 1.34. The van der Waals surface area contributed by atoms with Gasteiger partial charge in [-0.2, -0.15) is 0 Å². The number of nitrogens with one attached hydrogen (secondary N) is 1. The molecule has 88 valence electrons. The van der Waals surface area contributed by atoms with Crippen molar-refractivity contribution in [1.29, 1.82) is 0 Å². The van der Waals surface area contributed by atoms with Gasteiger partial charge < -0.3 is 14.9 Å². The standard InChI is InChI=1S/C12H12N2O3/c15-6-5-11-7-12(14-17-11)9-1-3-10(4-2-9)13-8-16/h1-4,6,8,11H,5,7H2,(H,13,16). The third-order valence-electron chi connectivity index (χ3n) is 2.54. The average Bonchev–Trinajstić information content (AvgIpc) is 2.80. The molecule has 0 spiro atoms. The van der Waals surface area contributed by atoms with Crippen LogP contribution in [0.25, 0.3) is 0 Å². The van der Waals surface area contributed by atoms with E-state index in [0.717, 1.165) is 23.2 Å². The van der Waals surface area contributed by atoms with Crippen LogP contribution in [0.3, 0.4) is 0 Å². The number of anilines is 1. The fourth-order valence-corrected chi connectivity index (χ4v) is 1.66. The number of hydrogen-bond acceptors (Lipinski definition) is 4. The predicted molar refractivity (Wildman–Crippen MR) is 62.8 cm³/mol.